The minimum Gasteiger partial charge on any atom is -0.358 e. The van der Waals surface area contributed by atoms with Gasteiger partial charge in [-0.2, -0.15) is 13.2 Å². The van der Waals surface area contributed by atoms with E-state index in [0.29, 0.717) is 0 Å². The number of alkyl halides is 4. The van der Waals surface area contributed by atoms with E-state index in [4.69, 9.17) is 11.6 Å². The van der Waals surface area contributed by atoms with Crippen molar-refractivity contribution in [3.8, 4) is 0 Å². The van der Waals surface area contributed by atoms with Crippen LogP contribution in [0, 0.1) is 0 Å². The van der Waals surface area contributed by atoms with Crippen molar-refractivity contribution >= 4 is 11.6 Å². The number of hydrogen-bond donors (Lipinski definition) is 1. The quantitative estimate of drug-likeness (QED) is 0.535. The molecule has 68 valence electrons. The van der Waals surface area contributed by atoms with Gasteiger partial charge in [0.2, 0.25) is 6.23 Å². The fourth-order valence-electron chi connectivity index (χ4n) is 0.518. The van der Waals surface area contributed by atoms with Crippen LogP contribution in [0.4, 0.5) is 13.2 Å². The van der Waals surface area contributed by atoms with E-state index in [1.165, 1.54) is 0 Å². The van der Waals surface area contributed by atoms with Gasteiger partial charge in [0.15, 0.2) is 0 Å². The number of methoxy groups -OCH3 is 1. The molecule has 0 aromatic carbocycles. The zero-order valence-corrected chi connectivity index (χ0v) is 6.67. The second kappa shape index (κ2) is 4.79. The number of halogens is 4. The minimum atomic E-state index is -4.37. The fourth-order valence-corrected chi connectivity index (χ4v) is 0.627. The van der Waals surface area contributed by atoms with Crippen LogP contribution in [-0.4, -0.2) is 31.9 Å². The molecular formula is C5H9ClF3NO. The summed E-state index contributed by atoms with van der Waals surface area (Å²) in [6, 6.07) is 0. The van der Waals surface area contributed by atoms with Crippen LogP contribution in [0.15, 0.2) is 0 Å². The lowest BCUT2D eigenvalue weighted by molar-refractivity contribution is -0.222. The van der Waals surface area contributed by atoms with Gasteiger partial charge in [-0.25, -0.2) is 0 Å². The van der Waals surface area contributed by atoms with Crippen LogP contribution in [0.3, 0.4) is 0 Å². The molecule has 0 fully saturated rings. The van der Waals surface area contributed by atoms with Gasteiger partial charge in [0.1, 0.15) is 0 Å². The van der Waals surface area contributed by atoms with Crippen LogP contribution >= 0.6 is 11.6 Å². The molecule has 1 atom stereocenters. The molecule has 0 aliphatic rings. The van der Waals surface area contributed by atoms with E-state index >= 15 is 0 Å². The molecule has 0 radical (unpaired) electrons. The van der Waals surface area contributed by atoms with Crippen LogP contribution in [0.1, 0.15) is 0 Å². The molecule has 0 saturated carbocycles. The Hall–Kier alpha value is -0.0000000000000000555. The second-order valence-electron chi connectivity index (χ2n) is 1.80. The summed E-state index contributed by atoms with van der Waals surface area (Å²) in [5.41, 5.74) is 0. The summed E-state index contributed by atoms with van der Waals surface area (Å²) >= 11 is 5.17. The van der Waals surface area contributed by atoms with E-state index in [1.54, 1.807) is 0 Å². The molecule has 0 rings (SSSR count). The average Bonchev–Trinajstić information content (AvgIpc) is 1.87. The van der Waals surface area contributed by atoms with Crippen LogP contribution < -0.4 is 5.32 Å². The predicted molar refractivity (Wildman–Crippen MR) is 35.6 cm³/mol. The summed E-state index contributed by atoms with van der Waals surface area (Å²) < 4.78 is 39.6. The molecule has 0 saturated heterocycles. The van der Waals surface area contributed by atoms with Crippen molar-refractivity contribution < 1.29 is 17.9 Å². The first-order chi connectivity index (χ1) is 5.02. The van der Waals surface area contributed by atoms with E-state index in [2.05, 4.69) is 10.1 Å². The van der Waals surface area contributed by atoms with Crippen LogP contribution in [0.2, 0.25) is 0 Å². The highest BCUT2D eigenvalue weighted by atomic mass is 35.5. The lowest BCUT2D eigenvalue weighted by Gasteiger charge is -2.18. The van der Waals surface area contributed by atoms with Crippen molar-refractivity contribution in [2.75, 3.05) is 19.5 Å². The number of nitrogens with one attached hydrogen (secondary N) is 1. The van der Waals surface area contributed by atoms with Gasteiger partial charge in [-0.3, -0.25) is 5.32 Å². The van der Waals surface area contributed by atoms with Crippen molar-refractivity contribution in [1.29, 1.82) is 0 Å². The Morgan fingerprint density at radius 2 is 2.09 bits per heavy atom. The van der Waals surface area contributed by atoms with Gasteiger partial charge in [-0.1, -0.05) is 0 Å². The molecule has 2 nitrogen and oxygen atoms in total. The summed E-state index contributed by atoms with van der Waals surface area (Å²) in [7, 11) is 0.986. The SMILES string of the molecule is COC(NCCCl)C(F)(F)F. The number of rotatable bonds is 4. The van der Waals surface area contributed by atoms with Crippen LogP contribution in [0.25, 0.3) is 0 Å². The molecule has 0 bridgehead atoms. The smallest absolute Gasteiger partial charge is 0.358 e. The molecule has 0 aliphatic heterocycles. The lowest BCUT2D eigenvalue weighted by Crippen LogP contribution is -2.44. The third-order valence-electron chi connectivity index (χ3n) is 0.957. The monoisotopic (exact) mass is 191 g/mol. The van der Waals surface area contributed by atoms with Crippen molar-refractivity contribution in [2.24, 2.45) is 0 Å². The Morgan fingerprint density at radius 1 is 1.55 bits per heavy atom. The molecule has 11 heavy (non-hydrogen) atoms. The van der Waals surface area contributed by atoms with Gasteiger partial charge in [-0.05, 0) is 0 Å². The number of hydrogen-bond acceptors (Lipinski definition) is 2. The van der Waals surface area contributed by atoms with Crippen LogP contribution in [-0.2, 0) is 4.74 Å². The van der Waals surface area contributed by atoms with Crippen LogP contribution in [0.5, 0.6) is 0 Å². The molecule has 0 spiro atoms. The maximum atomic E-state index is 11.8. The first-order valence-corrected chi connectivity index (χ1v) is 3.44. The fraction of sp³-hybridized carbons (Fsp3) is 1.00. The summed E-state index contributed by atoms with van der Waals surface area (Å²) in [5.74, 6) is 0.121. The molecule has 0 amide bonds. The highest BCUT2D eigenvalue weighted by Crippen LogP contribution is 2.19. The van der Waals surface area contributed by atoms with Gasteiger partial charge in [-0.15, -0.1) is 11.6 Å². The summed E-state index contributed by atoms with van der Waals surface area (Å²) in [5, 5.41) is 2.08. The Labute approximate surface area is 67.7 Å². The van der Waals surface area contributed by atoms with E-state index in [1.807, 2.05) is 0 Å². The summed E-state index contributed by atoms with van der Waals surface area (Å²) in [4.78, 5) is 0. The Bertz CT molecular complexity index is 108. The third-order valence-corrected chi connectivity index (χ3v) is 1.15. The minimum absolute atomic E-state index is 0.0690. The normalized spacial score (nSPS) is 15.0. The van der Waals surface area contributed by atoms with Crippen molar-refractivity contribution in [3.05, 3.63) is 0 Å². The summed E-state index contributed by atoms with van der Waals surface area (Å²) in [6.07, 6.45) is -6.29. The first-order valence-electron chi connectivity index (χ1n) is 2.91. The third kappa shape index (κ3) is 4.44. The average molecular weight is 192 g/mol. The zero-order valence-electron chi connectivity index (χ0n) is 5.91. The second-order valence-corrected chi connectivity index (χ2v) is 2.18. The largest absolute Gasteiger partial charge is 0.428 e. The molecule has 0 aromatic heterocycles. The van der Waals surface area contributed by atoms with E-state index in [9.17, 15) is 13.2 Å². The van der Waals surface area contributed by atoms with Crippen molar-refractivity contribution in [2.45, 2.75) is 12.4 Å². The highest BCUT2D eigenvalue weighted by molar-refractivity contribution is 6.18. The van der Waals surface area contributed by atoms with E-state index in [-0.39, 0.29) is 12.4 Å². The Morgan fingerprint density at radius 3 is 2.36 bits per heavy atom. The van der Waals surface area contributed by atoms with Crippen molar-refractivity contribution in [3.63, 3.8) is 0 Å². The maximum Gasteiger partial charge on any atom is 0.428 e. The molecule has 6 heteroatoms. The van der Waals surface area contributed by atoms with Gasteiger partial charge in [0, 0.05) is 19.5 Å². The Kier molecular flexibility index (Phi) is 4.79. The molecular weight excluding hydrogens is 183 g/mol. The molecule has 1 unspecified atom stereocenters. The topological polar surface area (TPSA) is 21.3 Å². The van der Waals surface area contributed by atoms with Gasteiger partial charge in [0.25, 0.3) is 0 Å². The van der Waals surface area contributed by atoms with Gasteiger partial charge >= 0.3 is 6.18 Å². The molecule has 1 N–H and O–H groups in total. The van der Waals surface area contributed by atoms with Gasteiger partial charge < -0.3 is 4.74 Å². The van der Waals surface area contributed by atoms with Gasteiger partial charge in [0.05, 0.1) is 0 Å². The first kappa shape index (κ1) is 11.0. The maximum absolute atomic E-state index is 11.8. The van der Waals surface area contributed by atoms with E-state index in [0.717, 1.165) is 7.11 Å². The summed E-state index contributed by atoms with van der Waals surface area (Å²) in [6.45, 7) is 0.0690. The number of ether oxygens (including phenoxy) is 1. The van der Waals surface area contributed by atoms with Crippen molar-refractivity contribution in [1.82, 2.24) is 5.32 Å². The molecule has 0 aromatic rings. The lowest BCUT2D eigenvalue weighted by atomic mass is 10.5. The molecule has 0 heterocycles. The zero-order chi connectivity index (χ0) is 8.91. The Balaban J connectivity index is 3.76. The standard InChI is InChI=1S/C5H9ClF3NO/c1-11-4(5(7,8)9)10-3-2-6/h4,10H,2-3H2,1H3. The predicted octanol–water partition coefficient (Wildman–Crippen LogP) is 1.35. The van der Waals surface area contributed by atoms with E-state index < -0.39 is 12.4 Å². The highest BCUT2D eigenvalue weighted by Gasteiger charge is 2.39. The molecule has 0 aliphatic carbocycles.